The minimum Gasteiger partial charge on any atom is -0.267 e. The number of nitrogens with one attached hydrogen (secondary N) is 1. The summed E-state index contributed by atoms with van der Waals surface area (Å²) in [6.45, 7) is 8.56. The van der Waals surface area contributed by atoms with Gasteiger partial charge in [0.25, 0.3) is 11.1 Å². The molecule has 3 aromatic rings. The van der Waals surface area contributed by atoms with Crippen molar-refractivity contribution >= 4 is 23.5 Å². The Morgan fingerprint density at radius 2 is 1.29 bits per heavy atom. The number of hydrogen-bond acceptors (Lipinski definition) is 4. The summed E-state index contributed by atoms with van der Waals surface area (Å²) >= 11 is 2.69. The van der Waals surface area contributed by atoms with Crippen LogP contribution >= 0.6 is 23.5 Å². The highest BCUT2D eigenvalue weighted by Gasteiger charge is 2.18. The third-order valence-corrected chi connectivity index (χ3v) is 6.44. The van der Waals surface area contributed by atoms with E-state index in [4.69, 9.17) is 0 Å². The molecule has 0 unspecified atom stereocenters. The van der Waals surface area contributed by atoms with Gasteiger partial charge in [0.1, 0.15) is 0 Å². The fraction of sp³-hybridized carbons (Fsp3) is 0.273. The van der Waals surface area contributed by atoms with E-state index in [2.05, 4.69) is 5.10 Å². The molecule has 28 heavy (non-hydrogen) atoms. The Labute approximate surface area is 173 Å². The van der Waals surface area contributed by atoms with E-state index in [1.165, 1.54) is 28.2 Å². The molecule has 3 rings (SSSR count). The fourth-order valence-corrected chi connectivity index (χ4v) is 4.64. The Morgan fingerprint density at radius 1 is 0.821 bits per heavy atom. The first-order valence-corrected chi connectivity index (χ1v) is 10.8. The molecule has 0 fully saturated rings. The molecule has 146 valence electrons. The molecule has 0 aliphatic rings. The fourth-order valence-electron chi connectivity index (χ4n) is 2.67. The minimum absolute atomic E-state index is 0.159. The number of aromatic amines is 1. The zero-order valence-corrected chi connectivity index (χ0v) is 18.1. The van der Waals surface area contributed by atoms with Gasteiger partial charge in [0.2, 0.25) is 0 Å². The molecule has 0 spiro atoms. The van der Waals surface area contributed by atoms with Crippen molar-refractivity contribution in [2.75, 3.05) is 0 Å². The highest BCUT2D eigenvalue weighted by atomic mass is 32.2. The van der Waals surface area contributed by atoms with Crippen LogP contribution in [0.15, 0.2) is 77.7 Å². The van der Waals surface area contributed by atoms with Crippen molar-refractivity contribution in [3.05, 3.63) is 80.4 Å². The molecule has 0 bridgehead atoms. The van der Waals surface area contributed by atoms with Gasteiger partial charge in [0.15, 0.2) is 0 Å². The number of hydrogen-bond donors (Lipinski definition) is 1. The number of nitrogens with zero attached hydrogens (tertiary/aromatic N) is 1. The monoisotopic (exact) mass is 412 g/mol. The molecule has 0 atom stereocenters. The Balaban J connectivity index is 2.09. The first kappa shape index (κ1) is 20.6. The van der Waals surface area contributed by atoms with Gasteiger partial charge in [0.05, 0.1) is 9.79 Å². The van der Waals surface area contributed by atoms with E-state index in [9.17, 15) is 9.59 Å². The van der Waals surface area contributed by atoms with E-state index in [1.54, 1.807) is 0 Å². The average Bonchev–Trinajstić information content (AvgIpc) is 2.65. The lowest BCUT2D eigenvalue weighted by Gasteiger charge is -2.13. The number of H-pyrrole nitrogens is 1. The van der Waals surface area contributed by atoms with Crippen LogP contribution in [0.5, 0.6) is 0 Å². The van der Waals surface area contributed by atoms with Crippen LogP contribution in [0.25, 0.3) is 0 Å². The van der Waals surface area contributed by atoms with Crippen molar-refractivity contribution < 1.29 is 0 Å². The maximum atomic E-state index is 13.2. The van der Waals surface area contributed by atoms with Gasteiger partial charge in [0, 0.05) is 16.3 Å². The second-order valence-electron chi connectivity index (χ2n) is 7.24. The van der Waals surface area contributed by atoms with Crippen LogP contribution in [0.3, 0.4) is 0 Å². The van der Waals surface area contributed by atoms with E-state index in [1.807, 2.05) is 76.2 Å². The lowest BCUT2D eigenvalue weighted by atomic mass is 10.2. The molecule has 6 heteroatoms. The SMILES string of the molecule is Cc1ccc(Sc2c(Sc3ccc(C)cc3)c(=O)n(CC(C)C)[nH]c2=O)cc1. The summed E-state index contributed by atoms with van der Waals surface area (Å²) in [5, 5.41) is 2.76. The summed E-state index contributed by atoms with van der Waals surface area (Å²) in [5.74, 6) is 0.251. The molecular formula is C22H24N2O2S2. The Hall–Kier alpha value is -2.18. The minimum atomic E-state index is -0.236. The van der Waals surface area contributed by atoms with Crippen molar-refractivity contribution in [1.82, 2.24) is 9.78 Å². The molecule has 0 aliphatic heterocycles. The maximum Gasteiger partial charge on any atom is 0.280 e. The highest BCUT2D eigenvalue weighted by Crippen LogP contribution is 2.34. The quantitative estimate of drug-likeness (QED) is 0.611. The average molecular weight is 413 g/mol. The summed E-state index contributed by atoms with van der Waals surface area (Å²) in [7, 11) is 0. The summed E-state index contributed by atoms with van der Waals surface area (Å²) in [4.78, 5) is 28.8. The normalized spacial score (nSPS) is 11.2. The van der Waals surface area contributed by atoms with Crippen molar-refractivity contribution in [2.45, 2.75) is 53.8 Å². The van der Waals surface area contributed by atoms with Gasteiger partial charge < -0.3 is 0 Å². The number of aromatic nitrogens is 2. The molecule has 0 saturated carbocycles. The van der Waals surface area contributed by atoms with Crippen LogP contribution in [0.2, 0.25) is 0 Å². The van der Waals surface area contributed by atoms with Crippen molar-refractivity contribution in [3.8, 4) is 0 Å². The topological polar surface area (TPSA) is 54.9 Å². The molecule has 1 aromatic heterocycles. The predicted molar refractivity (Wildman–Crippen MR) is 117 cm³/mol. The van der Waals surface area contributed by atoms with E-state index < -0.39 is 0 Å². The van der Waals surface area contributed by atoms with Gasteiger partial charge in [-0.2, -0.15) is 0 Å². The van der Waals surface area contributed by atoms with Gasteiger partial charge in [-0.15, -0.1) is 0 Å². The first-order valence-electron chi connectivity index (χ1n) is 9.19. The van der Waals surface area contributed by atoms with Gasteiger partial charge >= 0.3 is 0 Å². The molecule has 0 radical (unpaired) electrons. The van der Waals surface area contributed by atoms with Crippen molar-refractivity contribution in [2.24, 2.45) is 5.92 Å². The second kappa shape index (κ2) is 8.88. The summed E-state index contributed by atoms with van der Waals surface area (Å²) in [5.41, 5.74) is 1.91. The van der Waals surface area contributed by atoms with E-state index >= 15 is 0 Å². The first-order chi connectivity index (χ1) is 13.3. The van der Waals surface area contributed by atoms with Crippen LogP contribution in [-0.4, -0.2) is 9.78 Å². The molecule has 0 aliphatic carbocycles. The third-order valence-electron chi connectivity index (χ3n) is 4.12. The van der Waals surface area contributed by atoms with Gasteiger partial charge in [-0.3, -0.25) is 14.7 Å². The Morgan fingerprint density at radius 3 is 1.75 bits per heavy atom. The smallest absolute Gasteiger partial charge is 0.267 e. The van der Waals surface area contributed by atoms with E-state index in [0.717, 1.165) is 20.9 Å². The zero-order chi connectivity index (χ0) is 20.3. The van der Waals surface area contributed by atoms with Crippen molar-refractivity contribution in [1.29, 1.82) is 0 Å². The molecule has 1 N–H and O–H groups in total. The third kappa shape index (κ3) is 5.00. The van der Waals surface area contributed by atoms with Gasteiger partial charge in [-0.1, -0.05) is 72.8 Å². The van der Waals surface area contributed by atoms with E-state index in [0.29, 0.717) is 16.3 Å². The zero-order valence-electron chi connectivity index (χ0n) is 16.5. The van der Waals surface area contributed by atoms with Gasteiger partial charge in [-0.25, -0.2) is 4.68 Å². The highest BCUT2D eigenvalue weighted by molar-refractivity contribution is 8.02. The second-order valence-corrected chi connectivity index (χ2v) is 9.41. The molecule has 2 aromatic carbocycles. The van der Waals surface area contributed by atoms with Crippen LogP contribution in [0.4, 0.5) is 0 Å². The van der Waals surface area contributed by atoms with Crippen LogP contribution in [0.1, 0.15) is 25.0 Å². The Kier molecular flexibility index (Phi) is 6.52. The molecular weight excluding hydrogens is 388 g/mol. The lowest BCUT2D eigenvalue weighted by molar-refractivity contribution is 0.449. The molecule has 0 amide bonds. The lowest BCUT2D eigenvalue weighted by Crippen LogP contribution is -2.33. The molecule has 4 nitrogen and oxygen atoms in total. The predicted octanol–water partition coefficient (Wildman–Crippen LogP) is 5.11. The molecule has 0 saturated heterocycles. The summed E-state index contributed by atoms with van der Waals surface area (Å²) < 4.78 is 1.43. The number of rotatable bonds is 6. The standard InChI is InChI=1S/C22H24N2O2S2/c1-14(2)13-24-22(26)20(28-18-11-7-16(4)8-12-18)19(21(25)23-24)27-17-9-5-15(3)6-10-17/h5-12,14H,13H2,1-4H3,(H,23,25). The summed E-state index contributed by atoms with van der Waals surface area (Å²) in [6.07, 6.45) is 0. The largest absolute Gasteiger partial charge is 0.280 e. The number of benzene rings is 2. The summed E-state index contributed by atoms with van der Waals surface area (Å²) in [6, 6.07) is 15.9. The Bertz CT molecular complexity index is 1070. The van der Waals surface area contributed by atoms with Crippen LogP contribution in [-0.2, 0) is 6.54 Å². The number of aryl methyl sites for hydroxylation is 2. The van der Waals surface area contributed by atoms with Gasteiger partial charge in [-0.05, 0) is 44.0 Å². The van der Waals surface area contributed by atoms with Crippen LogP contribution < -0.4 is 11.1 Å². The van der Waals surface area contributed by atoms with Crippen LogP contribution in [0, 0.1) is 19.8 Å². The molecule has 1 heterocycles. The van der Waals surface area contributed by atoms with E-state index in [-0.39, 0.29) is 17.0 Å². The maximum absolute atomic E-state index is 13.2. The van der Waals surface area contributed by atoms with Crippen molar-refractivity contribution in [3.63, 3.8) is 0 Å².